The molecule has 0 fully saturated rings. The molecule has 17 heavy (non-hydrogen) atoms. The van der Waals surface area contributed by atoms with Gasteiger partial charge in [-0.3, -0.25) is 9.59 Å². The van der Waals surface area contributed by atoms with Crippen molar-refractivity contribution in [2.45, 2.75) is 12.8 Å². The van der Waals surface area contributed by atoms with E-state index in [0.29, 0.717) is 10.9 Å². The number of carbonyl (C=O) groups excluding carboxylic acids is 1. The van der Waals surface area contributed by atoms with Crippen molar-refractivity contribution in [3.8, 4) is 0 Å². The first-order chi connectivity index (χ1) is 8.02. The minimum atomic E-state index is -0.925. The summed E-state index contributed by atoms with van der Waals surface area (Å²) >= 11 is 3.08. The highest BCUT2D eigenvalue weighted by molar-refractivity contribution is 9.10. The minimum absolute atomic E-state index is 0.0290. The highest BCUT2D eigenvalue weighted by Crippen LogP contribution is 2.19. The molecule has 1 aromatic rings. The highest BCUT2D eigenvalue weighted by atomic mass is 79.9. The van der Waals surface area contributed by atoms with Gasteiger partial charge in [0.05, 0.1) is 5.56 Å². The maximum Gasteiger partial charge on any atom is 0.303 e. The number of carbonyl (C=O) groups is 2. The predicted octanol–water partition coefficient (Wildman–Crippen LogP) is 2.18. The lowest BCUT2D eigenvalue weighted by Gasteiger charge is -2.06. The first-order valence-corrected chi connectivity index (χ1v) is 5.75. The van der Waals surface area contributed by atoms with Crippen molar-refractivity contribution >= 4 is 27.8 Å². The van der Waals surface area contributed by atoms with E-state index in [2.05, 4.69) is 21.2 Å². The number of amides is 1. The number of hydrogen-bond donors (Lipinski definition) is 2. The van der Waals surface area contributed by atoms with Gasteiger partial charge in [0.25, 0.3) is 5.91 Å². The molecule has 0 heterocycles. The molecule has 0 saturated heterocycles. The Morgan fingerprint density at radius 2 is 2.12 bits per heavy atom. The summed E-state index contributed by atoms with van der Waals surface area (Å²) in [6.07, 6.45) is 0.284. The van der Waals surface area contributed by atoms with E-state index >= 15 is 0 Å². The number of carboxylic acid groups (broad SMARTS) is 1. The van der Waals surface area contributed by atoms with Crippen molar-refractivity contribution in [1.29, 1.82) is 0 Å². The molecular formula is C11H11BrFNO3. The normalized spacial score (nSPS) is 10.0. The van der Waals surface area contributed by atoms with Gasteiger partial charge in [0, 0.05) is 17.4 Å². The van der Waals surface area contributed by atoms with Crippen molar-refractivity contribution < 1.29 is 19.1 Å². The maximum absolute atomic E-state index is 13.4. The van der Waals surface area contributed by atoms with Crippen LogP contribution >= 0.6 is 15.9 Å². The molecule has 0 bridgehead atoms. The molecule has 0 unspecified atom stereocenters. The molecule has 0 aliphatic rings. The lowest BCUT2D eigenvalue weighted by atomic mass is 10.2. The SMILES string of the molecule is O=C(O)CCCNC(=O)c1c(F)cccc1Br. The second-order valence-corrected chi connectivity index (χ2v) is 4.20. The third-order valence-electron chi connectivity index (χ3n) is 2.04. The zero-order chi connectivity index (χ0) is 12.8. The fourth-order valence-corrected chi connectivity index (χ4v) is 1.77. The minimum Gasteiger partial charge on any atom is -0.481 e. The molecule has 0 saturated carbocycles. The number of nitrogens with one attached hydrogen (secondary N) is 1. The van der Waals surface area contributed by atoms with E-state index in [4.69, 9.17) is 5.11 Å². The van der Waals surface area contributed by atoms with Crippen LogP contribution in [0.25, 0.3) is 0 Å². The highest BCUT2D eigenvalue weighted by Gasteiger charge is 2.14. The van der Waals surface area contributed by atoms with Crippen LogP contribution in [0.1, 0.15) is 23.2 Å². The Bertz CT molecular complexity index is 416. The van der Waals surface area contributed by atoms with Crippen LogP contribution in [0.15, 0.2) is 22.7 Å². The van der Waals surface area contributed by atoms with Crippen LogP contribution in [0.2, 0.25) is 0 Å². The summed E-state index contributed by atoms with van der Waals surface area (Å²) < 4.78 is 13.7. The van der Waals surface area contributed by atoms with Gasteiger partial charge in [0.2, 0.25) is 0 Å². The van der Waals surface area contributed by atoms with Crippen molar-refractivity contribution in [1.82, 2.24) is 5.32 Å². The van der Waals surface area contributed by atoms with Gasteiger partial charge >= 0.3 is 5.97 Å². The molecule has 4 nitrogen and oxygen atoms in total. The molecule has 1 aromatic carbocycles. The first-order valence-electron chi connectivity index (χ1n) is 4.96. The average Bonchev–Trinajstić information content (AvgIpc) is 2.24. The Hall–Kier alpha value is -1.43. The summed E-state index contributed by atoms with van der Waals surface area (Å²) in [5, 5.41) is 10.9. The van der Waals surface area contributed by atoms with Crippen LogP contribution in [0.4, 0.5) is 4.39 Å². The molecule has 0 aliphatic heterocycles. The Morgan fingerprint density at radius 1 is 1.41 bits per heavy atom. The zero-order valence-electron chi connectivity index (χ0n) is 8.87. The number of hydrogen-bond acceptors (Lipinski definition) is 2. The van der Waals surface area contributed by atoms with Crippen LogP contribution in [-0.2, 0) is 4.79 Å². The number of benzene rings is 1. The van der Waals surface area contributed by atoms with Crippen LogP contribution in [0.3, 0.4) is 0 Å². The maximum atomic E-state index is 13.4. The Kier molecular flexibility index (Phi) is 5.09. The van der Waals surface area contributed by atoms with Gasteiger partial charge in [-0.2, -0.15) is 0 Å². The topological polar surface area (TPSA) is 66.4 Å². The lowest BCUT2D eigenvalue weighted by Crippen LogP contribution is -2.26. The first kappa shape index (κ1) is 13.6. The molecular weight excluding hydrogens is 293 g/mol. The lowest BCUT2D eigenvalue weighted by molar-refractivity contribution is -0.137. The van der Waals surface area contributed by atoms with Crippen LogP contribution in [-0.4, -0.2) is 23.5 Å². The summed E-state index contributed by atoms with van der Waals surface area (Å²) in [6.45, 7) is 0.200. The summed E-state index contributed by atoms with van der Waals surface area (Å²) in [5.41, 5.74) is -0.0668. The fourth-order valence-electron chi connectivity index (χ4n) is 1.24. The summed E-state index contributed by atoms with van der Waals surface area (Å²) in [4.78, 5) is 21.8. The third kappa shape index (κ3) is 4.14. The van der Waals surface area contributed by atoms with Crippen LogP contribution in [0.5, 0.6) is 0 Å². The molecule has 2 N–H and O–H groups in total. The van der Waals surface area contributed by atoms with Crippen LogP contribution < -0.4 is 5.32 Å². The van der Waals surface area contributed by atoms with Gasteiger partial charge in [-0.1, -0.05) is 6.07 Å². The largest absolute Gasteiger partial charge is 0.481 e. The summed E-state index contributed by atoms with van der Waals surface area (Å²) in [6, 6.07) is 4.24. The standard InChI is InChI=1S/C11H11BrFNO3/c12-7-3-1-4-8(13)10(7)11(17)14-6-2-5-9(15)16/h1,3-4H,2,5-6H2,(H,14,17)(H,15,16). The van der Waals surface area contributed by atoms with Gasteiger partial charge in [-0.25, -0.2) is 4.39 Å². The molecule has 92 valence electrons. The summed E-state index contributed by atoms with van der Waals surface area (Å²) in [7, 11) is 0. The van der Waals surface area contributed by atoms with Crippen molar-refractivity contribution in [2.75, 3.05) is 6.54 Å². The van der Waals surface area contributed by atoms with E-state index in [9.17, 15) is 14.0 Å². The Balaban J connectivity index is 2.55. The predicted molar refractivity (Wildman–Crippen MR) is 63.3 cm³/mol. The van der Waals surface area contributed by atoms with Gasteiger partial charge in [0.15, 0.2) is 0 Å². The second-order valence-electron chi connectivity index (χ2n) is 3.35. The van der Waals surface area contributed by atoms with Crippen molar-refractivity contribution in [3.05, 3.63) is 34.1 Å². The number of aliphatic carboxylic acids is 1. The Morgan fingerprint density at radius 3 is 2.71 bits per heavy atom. The van der Waals surface area contributed by atoms with Gasteiger partial charge in [0.1, 0.15) is 5.82 Å². The number of carboxylic acids is 1. The van der Waals surface area contributed by atoms with E-state index < -0.39 is 17.7 Å². The quantitative estimate of drug-likeness (QED) is 0.819. The van der Waals surface area contributed by atoms with E-state index in [1.54, 1.807) is 6.07 Å². The monoisotopic (exact) mass is 303 g/mol. The van der Waals surface area contributed by atoms with Gasteiger partial charge < -0.3 is 10.4 Å². The second kappa shape index (κ2) is 6.34. The van der Waals surface area contributed by atoms with E-state index in [1.165, 1.54) is 12.1 Å². The van der Waals surface area contributed by atoms with Crippen LogP contribution in [0, 0.1) is 5.82 Å². The molecule has 1 amide bonds. The zero-order valence-corrected chi connectivity index (χ0v) is 10.5. The van der Waals surface area contributed by atoms with Crippen molar-refractivity contribution in [2.24, 2.45) is 0 Å². The molecule has 1 rings (SSSR count). The molecule has 0 spiro atoms. The van der Waals surface area contributed by atoms with Gasteiger partial charge in [-0.15, -0.1) is 0 Å². The average molecular weight is 304 g/mol. The fraction of sp³-hybridized carbons (Fsp3) is 0.273. The number of halogens is 2. The van der Waals surface area contributed by atoms with E-state index in [-0.39, 0.29) is 18.5 Å². The number of rotatable bonds is 5. The molecule has 6 heteroatoms. The van der Waals surface area contributed by atoms with E-state index in [0.717, 1.165) is 0 Å². The van der Waals surface area contributed by atoms with Gasteiger partial charge in [-0.05, 0) is 34.5 Å². The summed E-state index contributed by atoms with van der Waals surface area (Å²) in [5.74, 6) is -2.10. The molecule has 0 atom stereocenters. The third-order valence-corrected chi connectivity index (χ3v) is 2.70. The Labute approximate surface area is 106 Å². The van der Waals surface area contributed by atoms with E-state index in [1.807, 2.05) is 0 Å². The van der Waals surface area contributed by atoms with Crippen molar-refractivity contribution in [3.63, 3.8) is 0 Å². The molecule has 0 aliphatic carbocycles. The molecule has 0 radical (unpaired) electrons. The smallest absolute Gasteiger partial charge is 0.303 e. The molecule has 0 aromatic heterocycles.